The highest BCUT2D eigenvalue weighted by atomic mass is 16.1. The Bertz CT molecular complexity index is 382. The molecule has 0 amide bonds. The van der Waals surface area contributed by atoms with Crippen LogP contribution in [0.15, 0.2) is 24.3 Å². The number of fused-ring (bicyclic) bond motifs is 1. The number of hydrogen-bond acceptors (Lipinski definition) is 2. The van der Waals surface area contributed by atoms with Gasteiger partial charge in [0.05, 0.1) is 0 Å². The number of rotatable bonds is 2. The molecule has 1 aromatic carbocycles. The smallest absolute Gasteiger partial charge is 0.150 e. The van der Waals surface area contributed by atoms with Gasteiger partial charge in [0.1, 0.15) is 0 Å². The van der Waals surface area contributed by atoms with E-state index < -0.39 is 0 Å². The van der Waals surface area contributed by atoms with Crippen molar-refractivity contribution in [2.75, 3.05) is 18.0 Å². The van der Waals surface area contributed by atoms with Crippen LogP contribution in [0.1, 0.15) is 22.8 Å². The van der Waals surface area contributed by atoms with Gasteiger partial charge in [-0.25, -0.2) is 0 Å². The summed E-state index contributed by atoms with van der Waals surface area (Å²) in [6, 6.07) is 5.86. The highest BCUT2D eigenvalue weighted by Gasteiger charge is 2.13. The minimum atomic E-state index is 0.775. The van der Waals surface area contributed by atoms with Crippen molar-refractivity contribution in [3.05, 3.63) is 35.4 Å². The summed E-state index contributed by atoms with van der Waals surface area (Å²) < 4.78 is 0. The Balaban J connectivity index is 2.55. The Morgan fingerprint density at radius 1 is 1.50 bits per heavy atom. The van der Waals surface area contributed by atoms with Crippen LogP contribution in [0.2, 0.25) is 0 Å². The lowest BCUT2D eigenvalue weighted by Gasteiger charge is -2.27. The van der Waals surface area contributed by atoms with Crippen LogP contribution in [0.3, 0.4) is 0 Å². The van der Waals surface area contributed by atoms with Crippen molar-refractivity contribution >= 4 is 18.0 Å². The van der Waals surface area contributed by atoms with Gasteiger partial charge >= 0.3 is 0 Å². The van der Waals surface area contributed by atoms with Gasteiger partial charge in [-0.3, -0.25) is 4.79 Å². The molecule has 72 valence electrons. The average Bonchev–Trinajstić information content (AvgIpc) is 2.27. The number of carbonyl (C=O) groups excluding carboxylic acids is 1. The van der Waals surface area contributed by atoms with Crippen molar-refractivity contribution in [3.8, 4) is 0 Å². The van der Waals surface area contributed by atoms with Gasteiger partial charge in [-0.2, -0.15) is 0 Å². The van der Waals surface area contributed by atoms with Crippen LogP contribution in [0.5, 0.6) is 0 Å². The van der Waals surface area contributed by atoms with Crippen molar-refractivity contribution in [1.82, 2.24) is 0 Å². The largest absolute Gasteiger partial charge is 0.368 e. The van der Waals surface area contributed by atoms with Gasteiger partial charge in [0, 0.05) is 29.9 Å². The molecule has 0 radical (unpaired) electrons. The lowest BCUT2D eigenvalue weighted by molar-refractivity contribution is 0.112. The van der Waals surface area contributed by atoms with Crippen LogP contribution < -0.4 is 4.90 Å². The molecule has 0 bridgehead atoms. The van der Waals surface area contributed by atoms with E-state index in [4.69, 9.17) is 0 Å². The Morgan fingerprint density at radius 2 is 2.36 bits per heavy atom. The quantitative estimate of drug-likeness (QED) is 0.662. The molecular weight excluding hydrogens is 174 g/mol. The van der Waals surface area contributed by atoms with Crippen LogP contribution in [-0.2, 0) is 0 Å². The Kier molecular flexibility index (Phi) is 2.35. The second kappa shape index (κ2) is 3.66. The van der Waals surface area contributed by atoms with Gasteiger partial charge < -0.3 is 4.90 Å². The van der Waals surface area contributed by atoms with Crippen LogP contribution >= 0.6 is 0 Å². The van der Waals surface area contributed by atoms with E-state index >= 15 is 0 Å². The number of aldehydes is 1. The van der Waals surface area contributed by atoms with Gasteiger partial charge in [-0.05, 0) is 13.0 Å². The first kappa shape index (κ1) is 9.00. The fourth-order valence-corrected chi connectivity index (χ4v) is 1.83. The van der Waals surface area contributed by atoms with Gasteiger partial charge in [0.25, 0.3) is 0 Å². The van der Waals surface area contributed by atoms with E-state index in [2.05, 4.69) is 24.0 Å². The molecule has 1 aliphatic rings. The third kappa shape index (κ3) is 1.33. The monoisotopic (exact) mass is 187 g/mol. The zero-order chi connectivity index (χ0) is 9.97. The maximum absolute atomic E-state index is 10.8. The Hall–Kier alpha value is -1.57. The maximum atomic E-state index is 10.8. The van der Waals surface area contributed by atoms with Crippen molar-refractivity contribution in [3.63, 3.8) is 0 Å². The molecule has 0 aliphatic carbocycles. The molecule has 1 aromatic rings. The molecule has 14 heavy (non-hydrogen) atoms. The molecule has 0 atom stereocenters. The molecule has 1 heterocycles. The van der Waals surface area contributed by atoms with Crippen molar-refractivity contribution in [2.24, 2.45) is 0 Å². The summed E-state index contributed by atoms with van der Waals surface area (Å²) in [5, 5.41) is 0. The first-order valence-electron chi connectivity index (χ1n) is 4.86. The fraction of sp³-hybridized carbons (Fsp3) is 0.250. The summed E-state index contributed by atoms with van der Waals surface area (Å²) in [7, 11) is 0. The highest BCUT2D eigenvalue weighted by Crippen LogP contribution is 2.27. The molecule has 0 unspecified atom stereocenters. The SMILES string of the molecule is CCN1CC=Cc2c(C=O)cccc21. The molecule has 1 aliphatic heterocycles. The second-order valence-corrected chi connectivity index (χ2v) is 3.34. The predicted molar refractivity (Wildman–Crippen MR) is 58.8 cm³/mol. The molecule has 2 nitrogen and oxygen atoms in total. The minimum absolute atomic E-state index is 0.775. The van der Waals surface area contributed by atoms with Gasteiger partial charge in [-0.15, -0.1) is 0 Å². The van der Waals surface area contributed by atoms with Crippen molar-refractivity contribution < 1.29 is 4.79 Å². The lowest BCUT2D eigenvalue weighted by Crippen LogP contribution is -2.25. The summed E-state index contributed by atoms with van der Waals surface area (Å²) in [5.41, 5.74) is 2.99. The number of hydrogen-bond donors (Lipinski definition) is 0. The van der Waals surface area contributed by atoms with Crippen molar-refractivity contribution in [1.29, 1.82) is 0 Å². The summed E-state index contributed by atoms with van der Waals surface area (Å²) >= 11 is 0. The number of nitrogens with zero attached hydrogens (tertiary/aromatic N) is 1. The molecular formula is C12H13NO. The van der Waals surface area contributed by atoms with Crippen LogP contribution in [-0.4, -0.2) is 19.4 Å². The molecule has 2 heteroatoms. The van der Waals surface area contributed by atoms with Crippen molar-refractivity contribution in [2.45, 2.75) is 6.92 Å². The number of likely N-dealkylation sites (N-methyl/N-ethyl adjacent to an activating group) is 1. The standard InChI is InChI=1S/C12H13NO/c1-2-13-8-4-6-11-10(9-14)5-3-7-12(11)13/h3-7,9H,2,8H2,1H3. The predicted octanol–water partition coefficient (Wildman–Crippen LogP) is 2.35. The molecule has 0 spiro atoms. The number of carbonyl (C=O) groups is 1. The van der Waals surface area contributed by atoms with Gasteiger partial charge in [0.15, 0.2) is 6.29 Å². The van der Waals surface area contributed by atoms with Crippen LogP contribution in [0.4, 0.5) is 5.69 Å². The topological polar surface area (TPSA) is 20.3 Å². The average molecular weight is 187 g/mol. The van der Waals surface area contributed by atoms with Crippen LogP contribution in [0, 0.1) is 0 Å². The normalized spacial score (nSPS) is 13.9. The molecule has 0 saturated carbocycles. The number of anilines is 1. The zero-order valence-corrected chi connectivity index (χ0v) is 8.23. The lowest BCUT2D eigenvalue weighted by atomic mass is 10.0. The van der Waals surface area contributed by atoms with E-state index in [0.717, 1.165) is 30.5 Å². The molecule has 2 rings (SSSR count). The summed E-state index contributed by atoms with van der Waals surface area (Å²) in [5.74, 6) is 0. The van der Waals surface area contributed by atoms with E-state index in [-0.39, 0.29) is 0 Å². The Labute approximate surface area is 83.8 Å². The van der Waals surface area contributed by atoms with Gasteiger partial charge in [-0.1, -0.05) is 24.3 Å². The minimum Gasteiger partial charge on any atom is -0.368 e. The Morgan fingerprint density at radius 3 is 3.07 bits per heavy atom. The highest BCUT2D eigenvalue weighted by molar-refractivity contribution is 5.88. The molecule has 0 fully saturated rings. The molecule has 0 N–H and O–H groups in total. The maximum Gasteiger partial charge on any atom is 0.150 e. The first-order valence-corrected chi connectivity index (χ1v) is 4.86. The van der Waals surface area contributed by atoms with E-state index in [0.29, 0.717) is 0 Å². The zero-order valence-electron chi connectivity index (χ0n) is 8.23. The van der Waals surface area contributed by atoms with E-state index in [1.54, 1.807) is 0 Å². The van der Waals surface area contributed by atoms with Crippen LogP contribution in [0.25, 0.3) is 6.08 Å². The molecule has 0 saturated heterocycles. The van der Waals surface area contributed by atoms with E-state index in [9.17, 15) is 4.79 Å². The first-order chi connectivity index (χ1) is 6.86. The molecule has 0 aromatic heterocycles. The summed E-state index contributed by atoms with van der Waals surface area (Å²) in [6.45, 7) is 4.03. The third-order valence-corrected chi connectivity index (χ3v) is 2.58. The fourth-order valence-electron chi connectivity index (χ4n) is 1.83. The van der Waals surface area contributed by atoms with E-state index in [1.165, 1.54) is 5.69 Å². The van der Waals surface area contributed by atoms with E-state index in [1.807, 2.05) is 18.2 Å². The van der Waals surface area contributed by atoms with Gasteiger partial charge in [0.2, 0.25) is 0 Å². The summed E-state index contributed by atoms with van der Waals surface area (Å²) in [6.07, 6.45) is 5.05. The number of benzene rings is 1. The second-order valence-electron chi connectivity index (χ2n) is 3.34. The summed E-state index contributed by atoms with van der Waals surface area (Å²) in [4.78, 5) is 13.1. The third-order valence-electron chi connectivity index (χ3n) is 2.58.